The Bertz CT molecular complexity index is 219. The molecule has 66 valence electrons. The molecule has 0 aromatic rings. The third kappa shape index (κ3) is 4.48. The summed E-state index contributed by atoms with van der Waals surface area (Å²) >= 11 is 2.14. The van der Waals surface area contributed by atoms with Gasteiger partial charge in [-0.25, -0.2) is 0 Å². The molecular formula is C11H13Ir. The third-order valence-corrected chi connectivity index (χ3v) is 2.48. The van der Waals surface area contributed by atoms with Crippen LogP contribution in [-0.4, -0.2) is 0 Å². The molecule has 0 atom stereocenters. The van der Waals surface area contributed by atoms with E-state index in [9.17, 15) is 0 Å². The molecule has 0 nitrogen and oxygen atoms in total. The van der Waals surface area contributed by atoms with Gasteiger partial charge in [0.15, 0.2) is 0 Å². The van der Waals surface area contributed by atoms with Crippen LogP contribution in [0.4, 0.5) is 0 Å². The van der Waals surface area contributed by atoms with Gasteiger partial charge in [-0.2, -0.15) is 0 Å². The Balaban J connectivity index is 0.000000120. The number of rotatable bonds is 0. The maximum absolute atomic E-state index is 2.18. The Labute approximate surface area is 84.9 Å². The third-order valence-electron chi connectivity index (χ3n) is 1.59. The first kappa shape index (κ1) is 9.70. The Morgan fingerprint density at radius 2 is 1.58 bits per heavy atom. The van der Waals surface area contributed by atoms with Crippen molar-refractivity contribution in [3.05, 3.63) is 46.6 Å². The van der Waals surface area contributed by atoms with E-state index in [-0.39, 0.29) is 0 Å². The second kappa shape index (κ2) is 6.16. The topological polar surface area (TPSA) is 0 Å². The number of hydrogen-bond acceptors (Lipinski definition) is 0. The zero-order chi connectivity index (χ0) is 8.65. The normalized spacial score (nSPS) is 18.7. The molecule has 0 spiro atoms. The van der Waals surface area contributed by atoms with Gasteiger partial charge in [-0.15, -0.1) is 0 Å². The predicted molar refractivity (Wildman–Crippen MR) is 49.4 cm³/mol. The van der Waals surface area contributed by atoms with Crippen LogP contribution < -0.4 is 0 Å². The van der Waals surface area contributed by atoms with Crippen molar-refractivity contribution in [3.63, 3.8) is 0 Å². The second-order valence-corrected chi connectivity index (χ2v) is 4.19. The van der Waals surface area contributed by atoms with Gasteiger partial charge in [0.2, 0.25) is 0 Å². The van der Waals surface area contributed by atoms with Gasteiger partial charge >= 0.3 is 47.6 Å². The zero-order valence-corrected chi connectivity index (χ0v) is 9.39. The van der Waals surface area contributed by atoms with Crippen molar-refractivity contribution in [2.75, 3.05) is 0 Å². The van der Waals surface area contributed by atoms with E-state index >= 15 is 0 Å². The van der Waals surface area contributed by atoms with Gasteiger partial charge in [0.25, 0.3) is 0 Å². The van der Waals surface area contributed by atoms with Gasteiger partial charge in [0, 0.05) is 0 Å². The summed E-state index contributed by atoms with van der Waals surface area (Å²) in [5.74, 6) is 0. The minimum atomic E-state index is 1.17. The minimum absolute atomic E-state index is 1.17. The van der Waals surface area contributed by atoms with Gasteiger partial charge < -0.3 is 0 Å². The van der Waals surface area contributed by atoms with E-state index in [1.807, 2.05) is 0 Å². The van der Waals surface area contributed by atoms with Crippen LogP contribution >= 0.6 is 0 Å². The van der Waals surface area contributed by atoms with Crippen LogP contribution in [0.1, 0.15) is 19.3 Å². The molecule has 0 fully saturated rings. The van der Waals surface area contributed by atoms with E-state index in [4.69, 9.17) is 0 Å². The first-order valence-electron chi connectivity index (χ1n) is 4.20. The van der Waals surface area contributed by atoms with Gasteiger partial charge in [-0.05, 0) is 12.8 Å². The molecule has 12 heavy (non-hydrogen) atoms. The molecule has 2 aliphatic carbocycles. The van der Waals surface area contributed by atoms with Crippen molar-refractivity contribution in [2.45, 2.75) is 19.3 Å². The Morgan fingerprint density at radius 1 is 0.917 bits per heavy atom. The van der Waals surface area contributed by atoms with Gasteiger partial charge in [-0.3, -0.25) is 0 Å². The van der Waals surface area contributed by atoms with Crippen molar-refractivity contribution >= 4 is 0 Å². The molecule has 0 unspecified atom stereocenters. The zero-order valence-electron chi connectivity index (χ0n) is 7.00. The van der Waals surface area contributed by atoms with Crippen LogP contribution in [0.2, 0.25) is 0 Å². The maximum atomic E-state index is 2.18. The van der Waals surface area contributed by atoms with Crippen LogP contribution in [0.5, 0.6) is 0 Å². The van der Waals surface area contributed by atoms with Crippen LogP contribution in [0.3, 0.4) is 0 Å². The summed E-state index contributed by atoms with van der Waals surface area (Å²) in [5, 5.41) is 0. The molecule has 0 saturated heterocycles. The molecular weight excluding hydrogens is 324 g/mol. The molecule has 2 rings (SSSR count). The Hall–Kier alpha value is -0.391. The Morgan fingerprint density at radius 3 is 1.75 bits per heavy atom. The predicted octanol–water partition coefficient (Wildman–Crippen LogP) is 3.27. The molecule has 0 aromatic carbocycles. The van der Waals surface area contributed by atoms with Crippen molar-refractivity contribution in [2.24, 2.45) is 0 Å². The summed E-state index contributed by atoms with van der Waals surface area (Å²) in [7, 11) is 0. The van der Waals surface area contributed by atoms with Crippen molar-refractivity contribution in [1.82, 2.24) is 0 Å². The number of hydrogen-bond donors (Lipinski definition) is 0. The monoisotopic (exact) mass is 338 g/mol. The van der Waals surface area contributed by atoms with E-state index in [0.717, 1.165) is 0 Å². The molecule has 0 aromatic heterocycles. The summed E-state index contributed by atoms with van der Waals surface area (Å²) < 4.78 is 1.47. The molecule has 0 saturated carbocycles. The second-order valence-electron chi connectivity index (χ2n) is 2.65. The van der Waals surface area contributed by atoms with Crippen LogP contribution in [0.25, 0.3) is 0 Å². The fourth-order valence-corrected chi connectivity index (χ4v) is 1.47. The van der Waals surface area contributed by atoms with E-state index in [2.05, 4.69) is 61.4 Å². The van der Waals surface area contributed by atoms with Gasteiger partial charge in [0.05, 0.1) is 0 Å². The summed E-state index contributed by atoms with van der Waals surface area (Å²) in [6.07, 6.45) is 18.6. The summed E-state index contributed by atoms with van der Waals surface area (Å²) in [6.45, 7) is 0. The molecule has 0 bridgehead atoms. The van der Waals surface area contributed by atoms with Crippen LogP contribution in [-0.2, 0) is 18.9 Å². The van der Waals surface area contributed by atoms with E-state index in [1.165, 1.54) is 23.3 Å². The average molecular weight is 337 g/mol. The summed E-state index contributed by atoms with van der Waals surface area (Å²) in [5.41, 5.74) is 0. The van der Waals surface area contributed by atoms with Crippen LogP contribution in [0.15, 0.2) is 46.6 Å². The summed E-state index contributed by atoms with van der Waals surface area (Å²) in [4.78, 5) is 0. The molecule has 0 heterocycles. The molecule has 0 radical (unpaired) electrons. The first-order valence-corrected chi connectivity index (χ1v) is 5.40. The van der Waals surface area contributed by atoms with E-state index in [1.54, 1.807) is 0 Å². The Kier molecular flexibility index (Phi) is 4.98. The fraction of sp³-hybridized carbons (Fsp3) is 0.273. The van der Waals surface area contributed by atoms with Crippen molar-refractivity contribution < 1.29 is 18.9 Å². The quantitative estimate of drug-likeness (QED) is 0.636. The summed E-state index contributed by atoms with van der Waals surface area (Å²) in [6, 6.07) is 0. The van der Waals surface area contributed by atoms with Gasteiger partial charge in [-0.1, -0.05) is 24.3 Å². The molecule has 1 heteroatoms. The molecule has 0 amide bonds. The fourth-order valence-electron chi connectivity index (χ4n) is 0.954. The van der Waals surface area contributed by atoms with Crippen molar-refractivity contribution in [3.8, 4) is 0 Å². The van der Waals surface area contributed by atoms with Crippen molar-refractivity contribution in [1.29, 1.82) is 0 Å². The first-order chi connectivity index (χ1) is 5.89. The molecule has 0 N–H and O–H groups in total. The number of allylic oxidation sites excluding steroid dienone is 8. The van der Waals surface area contributed by atoms with Gasteiger partial charge in [0.1, 0.15) is 0 Å². The SMILES string of the molecule is C1=CCCC=C1.[Ir][C]1=CC=CC1. The van der Waals surface area contributed by atoms with E-state index in [0.29, 0.717) is 0 Å². The molecule has 0 aliphatic heterocycles. The standard InChI is InChI=1S/C6H8.C5H5.Ir/c1-2-4-6-5-3-1;1-2-4-5-3-1;/h1-4H,5-6H2;1-3H,4H2;. The van der Waals surface area contributed by atoms with E-state index < -0.39 is 0 Å². The molecule has 2 aliphatic rings. The van der Waals surface area contributed by atoms with Crippen LogP contribution in [0, 0.1) is 0 Å². The average Bonchev–Trinajstić information content (AvgIpc) is 2.60.